The molecule has 0 amide bonds. The predicted molar refractivity (Wildman–Crippen MR) is 173 cm³/mol. The van der Waals surface area contributed by atoms with Crippen LogP contribution in [0.4, 0.5) is 0 Å². The summed E-state index contributed by atoms with van der Waals surface area (Å²) in [5.74, 6) is 2.63. The molecular weight excluding hydrogens is 511 g/mol. The minimum absolute atomic E-state index is 0.876. The average molecular weight is 563 g/mol. The first-order valence-corrected chi connectivity index (χ1v) is 16.8. The third-order valence-corrected chi connectivity index (χ3v) is 9.28. The molecule has 0 spiro atoms. The van der Waals surface area contributed by atoms with Crippen LogP contribution in [-0.4, -0.2) is 0 Å². The van der Waals surface area contributed by atoms with Crippen molar-refractivity contribution < 1.29 is 13.6 Å². The maximum atomic E-state index is 6.77. The molecule has 3 rings (SSSR count). The first-order chi connectivity index (χ1) is 19.4. The molecule has 3 aromatic carbocycles. The molecule has 40 heavy (non-hydrogen) atoms. The Kier molecular flexibility index (Phi) is 12.4. The van der Waals surface area contributed by atoms with E-state index in [4.69, 9.17) is 13.6 Å². The molecule has 0 radical (unpaired) electrons. The van der Waals surface area contributed by atoms with Crippen LogP contribution in [-0.2, 0) is 57.8 Å². The fourth-order valence-corrected chi connectivity index (χ4v) is 7.30. The summed E-state index contributed by atoms with van der Waals surface area (Å²) in [5.41, 5.74) is 12.1. The summed E-state index contributed by atoms with van der Waals surface area (Å²) in [6, 6.07) is 13.0. The molecule has 0 N–H and O–H groups in total. The SMILES string of the molecule is CCc1ccc(OP(Oc2ccc(CC)c(CC)c2CC)Oc2ccc(CC)c(CC)c2CC)c(CC)c1CC. The lowest BCUT2D eigenvalue weighted by Gasteiger charge is -2.25. The quantitative estimate of drug-likeness (QED) is 0.172. The van der Waals surface area contributed by atoms with Gasteiger partial charge in [-0.05, 0) is 126 Å². The smallest absolute Gasteiger partial charge is 0.408 e. The van der Waals surface area contributed by atoms with Gasteiger partial charge in [-0.1, -0.05) is 80.5 Å². The van der Waals surface area contributed by atoms with E-state index in [2.05, 4.69) is 98.7 Å². The molecule has 3 aromatic rings. The van der Waals surface area contributed by atoms with Gasteiger partial charge in [-0.3, -0.25) is 0 Å². The van der Waals surface area contributed by atoms with Crippen molar-refractivity contribution >= 4 is 8.60 Å². The van der Waals surface area contributed by atoms with Gasteiger partial charge in [0.1, 0.15) is 17.2 Å². The highest BCUT2D eigenvalue weighted by molar-refractivity contribution is 7.43. The van der Waals surface area contributed by atoms with Crippen LogP contribution >= 0.6 is 8.60 Å². The summed E-state index contributed by atoms with van der Waals surface area (Å²) < 4.78 is 20.3. The van der Waals surface area contributed by atoms with Crippen molar-refractivity contribution in [2.45, 2.75) is 120 Å². The zero-order valence-electron chi connectivity index (χ0n) is 26.5. The van der Waals surface area contributed by atoms with Crippen LogP contribution in [0.1, 0.15) is 112 Å². The third kappa shape index (κ3) is 6.85. The molecule has 0 saturated heterocycles. The Labute approximate surface area is 245 Å². The Hall–Kier alpha value is -2.51. The van der Waals surface area contributed by atoms with Gasteiger partial charge in [0.15, 0.2) is 0 Å². The largest absolute Gasteiger partial charge is 0.530 e. The average Bonchev–Trinajstić information content (AvgIpc) is 2.99. The van der Waals surface area contributed by atoms with Gasteiger partial charge in [0.25, 0.3) is 0 Å². The molecule has 0 saturated carbocycles. The molecular formula is C36H51O3P. The highest BCUT2D eigenvalue weighted by atomic mass is 31.2. The Balaban J connectivity index is 2.14. The Morgan fingerprint density at radius 2 is 0.600 bits per heavy atom. The van der Waals surface area contributed by atoms with Crippen molar-refractivity contribution in [2.75, 3.05) is 0 Å². The molecule has 218 valence electrons. The summed E-state index contributed by atoms with van der Waals surface area (Å²) in [6.45, 7) is 20.0. The summed E-state index contributed by atoms with van der Waals surface area (Å²) in [4.78, 5) is 0. The molecule has 0 fully saturated rings. The van der Waals surface area contributed by atoms with Gasteiger partial charge in [-0.2, -0.15) is 0 Å². The van der Waals surface area contributed by atoms with Crippen molar-refractivity contribution in [3.8, 4) is 17.2 Å². The maximum absolute atomic E-state index is 6.77. The lowest BCUT2D eigenvalue weighted by molar-refractivity contribution is 0.382. The minimum Gasteiger partial charge on any atom is -0.408 e. The molecule has 0 aliphatic carbocycles. The number of benzene rings is 3. The molecule has 4 heteroatoms. The molecule has 0 aliphatic heterocycles. The lowest BCUT2D eigenvalue weighted by atomic mass is 9.95. The highest BCUT2D eigenvalue weighted by Gasteiger charge is 2.26. The Morgan fingerprint density at radius 1 is 0.350 bits per heavy atom. The van der Waals surface area contributed by atoms with Crippen molar-refractivity contribution in [3.05, 3.63) is 86.5 Å². The van der Waals surface area contributed by atoms with Gasteiger partial charge in [-0.15, -0.1) is 0 Å². The molecule has 0 heterocycles. The summed E-state index contributed by atoms with van der Waals surface area (Å²) in [6.07, 6.45) is 8.74. The topological polar surface area (TPSA) is 27.7 Å². The molecule has 3 nitrogen and oxygen atoms in total. The second-order valence-electron chi connectivity index (χ2n) is 10.2. The zero-order chi connectivity index (χ0) is 29.2. The van der Waals surface area contributed by atoms with Gasteiger partial charge in [0, 0.05) is 0 Å². The Morgan fingerprint density at radius 3 is 0.800 bits per heavy atom. The standard InChI is InChI=1S/C36H51O3P/c1-10-25-19-22-34(31(16-7)28(25)13-4)37-40(38-35-23-20-26(11-2)29(14-5)32(35)17-8)39-36-24-21-27(12-3)30(15-6)33(36)18-9/h19-24H,10-18H2,1-9H3. The summed E-state index contributed by atoms with van der Waals surface area (Å²) in [7, 11) is -1.75. The van der Waals surface area contributed by atoms with Crippen LogP contribution in [0.2, 0.25) is 0 Å². The summed E-state index contributed by atoms with van der Waals surface area (Å²) >= 11 is 0. The van der Waals surface area contributed by atoms with Crippen LogP contribution in [0.5, 0.6) is 17.2 Å². The van der Waals surface area contributed by atoms with Crippen LogP contribution in [0.15, 0.2) is 36.4 Å². The zero-order valence-corrected chi connectivity index (χ0v) is 27.4. The monoisotopic (exact) mass is 562 g/mol. The minimum atomic E-state index is -1.75. The summed E-state index contributed by atoms with van der Waals surface area (Å²) in [5, 5.41) is 0. The first-order valence-electron chi connectivity index (χ1n) is 15.7. The second-order valence-corrected chi connectivity index (χ2v) is 11.2. The second kappa shape index (κ2) is 15.5. The van der Waals surface area contributed by atoms with Crippen molar-refractivity contribution in [2.24, 2.45) is 0 Å². The number of hydrogen-bond acceptors (Lipinski definition) is 3. The van der Waals surface area contributed by atoms with Gasteiger partial charge in [0.05, 0.1) is 0 Å². The van der Waals surface area contributed by atoms with E-state index < -0.39 is 8.60 Å². The number of hydrogen-bond donors (Lipinski definition) is 0. The Bertz CT molecular complexity index is 1110. The molecule has 0 atom stereocenters. The van der Waals surface area contributed by atoms with Crippen molar-refractivity contribution in [1.82, 2.24) is 0 Å². The highest BCUT2D eigenvalue weighted by Crippen LogP contribution is 2.47. The van der Waals surface area contributed by atoms with Crippen LogP contribution < -0.4 is 13.6 Å². The maximum Gasteiger partial charge on any atom is 0.530 e. The van der Waals surface area contributed by atoms with Crippen LogP contribution in [0.25, 0.3) is 0 Å². The van der Waals surface area contributed by atoms with Crippen molar-refractivity contribution in [1.29, 1.82) is 0 Å². The molecule has 0 aliphatic rings. The van der Waals surface area contributed by atoms with Crippen LogP contribution in [0, 0.1) is 0 Å². The fourth-order valence-electron chi connectivity index (χ4n) is 6.19. The van der Waals surface area contributed by atoms with E-state index in [0.29, 0.717) is 0 Å². The predicted octanol–water partition coefficient (Wildman–Crippen LogP) is 10.5. The van der Waals surface area contributed by atoms with Crippen molar-refractivity contribution in [3.63, 3.8) is 0 Å². The molecule has 0 unspecified atom stereocenters. The fraction of sp³-hybridized carbons (Fsp3) is 0.500. The van der Waals surface area contributed by atoms with E-state index in [1.165, 1.54) is 50.1 Å². The van der Waals surface area contributed by atoms with E-state index in [9.17, 15) is 0 Å². The number of rotatable bonds is 15. The van der Waals surface area contributed by atoms with E-state index in [1.807, 2.05) is 0 Å². The molecule has 0 aromatic heterocycles. The van der Waals surface area contributed by atoms with E-state index in [-0.39, 0.29) is 0 Å². The normalized spacial score (nSPS) is 11.2. The van der Waals surface area contributed by atoms with E-state index in [1.54, 1.807) is 0 Å². The van der Waals surface area contributed by atoms with Gasteiger partial charge in [0.2, 0.25) is 0 Å². The van der Waals surface area contributed by atoms with Gasteiger partial charge in [-0.25, -0.2) is 0 Å². The van der Waals surface area contributed by atoms with E-state index >= 15 is 0 Å². The van der Waals surface area contributed by atoms with E-state index in [0.717, 1.165) is 75.0 Å². The third-order valence-electron chi connectivity index (χ3n) is 8.24. The first kappa shape index (κ1) is 32.0. The number of aryl methyl sites for hydroxylation is 3. The van der Waals surface area contributed by atoms with Gasteiger partial charge >= 0.3 is 8.60 Å². The van der Waals surface area contributed by atoms with Gasteiger partial charge < -0.3 is 13.6 Å². The van der Waals surface area contributed by atoms with Crippen LogP contribution in [0.3, 0.4) is 0 Å². The molecule has 0 bridgehead atoms. The lowest BCUT2D eigenvalue weighted by Crippen LogP contribution is -2.10.